The summed E-state index contributed by atoms with van der Waals surface area (Å²) in [7, 11) is -11.7. The highest BCUT2D eigenvalue weighted by molar-refractivity contribution is 7.61. The van der Waals surface area contributed by atoms with Crippen LogP contribution in [0.2, 0.25) is 0 Å². The van der Waals surface area contributed by atoms with E-state index in [-0.39, 0.29) is 17.0 Å². The van der Waals surface area contributed by atoms with Gasteiger partial charge < -0.3 is 58.9 Å². The molecule has 55 heavy (non-hydrogen) atoms. The summed E-state index contributed by atoms with van der Waals surface area (Å²) in [6.07, 6.45) is -16.2. The maximum absolute atomic E-state index is 13.2. The van der Waals surface area contributed by atoms with Gasteiger partial charge in [0.2, 0.25) is 6.29 Å². The second-order valence-electron chi connectivity index (χ2n) is 11.7. The maximum atomic E-state index is 13.2. The van der Waals surface area contributed by atoms with Crippen LogP contribution in [-0.2, 0) is 79.6 Å². The largest absolute Gasteiger partial charge is 0.483 e. The number of imidazole rings is 1. The zero-order valence-electron chi connectivity index (χ0n) is 29.3. The molecule has 2 aromatic rings. The average Bonchev–Trinajstić information content (AvgIpc) is 3.60. The molecule has 306 valence electrons. The van der Waals surface area contributed by atoms with Crippen molar-refractivity contribution in [3.05, 3.63) is 12.7 Å². The summed E-state index contributed by atoms with van der Waals surface area (Å²) >= 11 is 0. The van der Waals surface area contributed by atoms with Crippen LogP contribution in [0.3, 0.4) is 0 Å². The van der Waals surface area contributed by atoms with Gasteiger partial charge in [-0.2, -0.15) is 4.31 Å². The van der Waals surface area contributed by atoms with E-state index in [4.69, 9.17) is 47.9 Å². The van der Waals surface area contributed by atoms with Crippen LogP contribution in [0.1, 0.15) is 40.8 Å². The Labute approximate surface area is 309 Å². The Morgan fingerprint density at radius 2 is 1.45 bits per heavy atom. The number of nitrogens with zero attached hydrogens (tertiary/aromatic N) is 4. The second-order valence-corrected chi connectivity index (χ2v) is 14.7. The van der Waals surface area contributed by atoms with Crippen LogP contribution < -0.4 is 5.73 Å². The molecule has 6 N–H and O–H groups in total. The standard InChI is InChI=1S/C27H37N5O21P2/c1-10(33)44-6-16(46-11(2)34)20-21(47-12(3)35)22(48-13(4)36)23(49-14(5)37)27(51-20)52-55(42,43)53-54(40,41)45-7-15-18(38)19(39)26(50-15)32-9-31-17-24(28)29-8-30-25(17)32/h8-9,15-16,18-23,26-27,38-39H,6-7H2,1-5H3,(H,40,41)(H,42,43)(H2,28,29,30)/t15?,16-,18?,19?,20?,21?,22?,23?,26?,27?/m1/s1. The van der Waals surface area contributed by atoms with Crippen molar-refractivity contribution >= 4 is 62.5 Å². The molecule has 0 radical (unpaired) electrons. The molecule has 28 heteroatoms. The highest BCUT2D eigenvalue weighted by Crippen LogP contribution is 2.61. The number of fused-ring (bicyclic) bond motifs is 1. The minimum atomic E-state index is -5.95. The highest BCUT2D eigenvalue weighted by Gasteiger charge is 2.57. The van der Waals surface area contributed by atoms with Gasteiger partial charge in [-0.05, 0) is 0 Å². The zero-order valence-corrected chi connectivity index (χ0v) is 31.1. The number of hydrogen-bond acceptors (Lipinski definition) is 23. The zero-order chi connectivity index (χ0) is 41.0. The van der Waals surface area contributed by atoms with E-state index < -0.39 is 120 Å². The van der Waals surface area contributed by atoms with Gasteiger partial charge in [0, 0.05) is 34.6 Å². The Balaban J connectivity index is 1.57. The molecule has 2 aliphatic heterocycles. The lowest BCUT2D eigenvalue weighted by molar-refractivity contribution is -0.301. The molecule has 2 saturated heterocycles. The lowest BCUT2D eigenvalue weighted by Gasteiger charge is -2.45. The number of aliphatic hydroxyl groups is 2. The smallest absolute Gasteiger partial charge is 0.462 e. The van der Waals surface area contributed by atoms with Gasteiger partial charge in [0.05, 0.1) is 12.9 Å². The first-order valence-electron chi connectivity index (χ1n) is 15.7. The topological polar surface area (TPSA) is 362 Å². The monoisotopic (exact) mass is 829 g/mol. The van der Waals surface area contributed by atoms with E-state index in [9.17, 15) is 53.1 Å². The number of phosphoric acid groups is 2. The molecule has 26 nitrogen and oxygen atoms in total. The summed E-state index contributed by atoms with van der Waals surface area (Å²) in [5.41, 5.74) is 6.00. The average molecular weight is 830 g/mol. The van der Waals surface area contributed by atoms with Crippen molar-refractivity contribution in [2.75, 3.05) is 18.9 Å². The molecule has 2 aliphatic rings. The number of ether oxygens (including phenoxy) is 7. The van der Waals surface area contributed by atoms with Crippen molar-refractivity contribution in [3.63, 3.8) is 0 Å². The molecule has 0 saturated carbocycles. The third-order valence-electron chi connectivity index (χ3n) is 7.42. The summed E-state index contributed by atoms with van der Waals surface area (Å²) in [4.78, 5) is 92.9. The number of nitrogen functional groups attached to an aromatic ring is 1. The number of nitrogens with two attached hydrogens (primary N) is 1. The number of phosphoric ester groups is 2. The van der Waals surface area contributed by atoms with Crippen LogP contribution in [-0.4, -0.2) is 138 Å². The molecular formula is C27H37N5O21P2. The van der Waals surface area contributed by atoms with E-state index in [1.54, 1.807) is 0 Å². The fourth-order valence-electron chi connectivity index (χ4n) is 5.42. The van der Waals surface area contributed by atoms with Gasteiger partial charge in [0.15, 0.2) is 42.1 Å². The summed E-state index contributed by atoms with van der Waals surface area (Å²) in [6, 6.07) is 0. The van der Waals surface area contributed by atoms with Crippen LogP contribution in [0.15, 0.2) is 12.7 Å². The molecule has 11 unspecified atom stereocenters. The fraction of sp³-hybridized carbons (Fsp3) is 0.630. The van der Waals surface area contributed by atoms with Crippen molar-refractivity contribution in [3.8, 4) is 0 Å². The number of carbonyl (C=O) groups excluding carboxylic acids is 5. The SMILES string of the molecule is CC(=O)OC[C@@H](OC(C)=O)C1OC(OP(=O)(O)OP(=O)(O)OCC2OC(n3cnc4c(N)ncnc43)C(O)C2O)C(OC(C)=O)C(OC(C)=O)C1OC(C)=O. The minimum absolute atomic E-state index is 0.00339. The van der Waals surface area contributed by atoms with Gasteiger partial charge in [-0.25, -0.2) is 24.1 Å². The molecule has 12 atom stereocenters. The van der Waals surface area contributed by atoms with Crippen LogP contribution in [0, 0.1) is 0 Å². The molecule has 0 amide bonds. The van der Waals surface area contributed by atoms with Crippen LogP contribution in [0.25, 0.3) is 11.2 Å². The number of aromatic nitrogens is 4. The number of esters is 5. The third-order valence-corrected chi connectivity index (χ3v) is 10.0. The van der Waals surface area contributed by atoms with Crippen molar-refractivity contribution in [1.29, 1.82) is 0 Å². The first kappa shape index (κ1) is 43.5. The summed E-state index contributed by atoms with van der Waals surface area (Å²) < 4.78 is 78.4. The van der Waals surface area contributed by atoms with Gasteiger partial charge in [-0.15, -0.1) is 0 Å². The molecule has 0 aliphatic carbocycles. The minimum Gasteiger partial charge on any atom is -0.462 e. The summed E-state index contributed by atoms with van der Waals surface area (Å²) in [5, 5.41) is 21.2. The maximum Gasteiger partial charge on any atom is 0.483 e. The number of carbonyl (C=O) groups is 5. The molecule has 2 aromatic heterocycles. The first-order valence-corrected chi connectivity index (χ1v) is 18.7. The Hall–Kier alpha value is -4.20. The lowest BCUT2D eigenvalue weighted by atomic mass is 9.94. The van der Waals surface area contributed by atoms with Gasteiger partial charge in [0.1, 0.15) is 42.9 Å². The van der Waals surface area contributed by atoms with Gasteiger partial charge in [0.25, 0.3) is 0 Å². The number of aliphatic hydroxyl groups excluding tert-OH is 2. The Kier molecular flexibility index (Phi) is 14.0. The van der Waals surface area contributed by atoms with Gasteiger partial charge >= 0.3 is 45.5 Å². The van der Waals surface area contributed by atoms with Crippen LogP contribution in [0.4, 0.5) is 5.82 Å². The van der Waals surface area contributed by atoms with Gasteiger partial charge in [-0.3, -0.25) is 37.6 Å². The van der Waals surface area contributed by atoms with Crippen molar-refractivity contribution in [2.45, 2.75) is 96.0 Å². The van der Waals surface area contributed by atoms with Crippen LogP contribution in [0.5, 0.6) is 0 Å². The highest BCUT2D eigenvalue weighted by atomic mass is 31.3. The van der Waals surface area contributed by atoms with E-state index >= 15 is 0 Å². The quantitative estimate of drug-likeness (QED) is 0.0758. The predicted molar refractivity (Wildman–Crippen MR) is 171 cm³/mol. The fourth-order valence-corrected chi connectivity index (χ4v) is 7.58. The van der Waals surface area contributed by atoms with Gasteiger partial charge in [-0.1, -0.05) is 0 Å². The van der Waals surface area contributed by atoms with Crippen molar-refractivity contribution < 1.29 is 99.6 Å². The van der Waals surface area contributed by atoms with E-state index in [0.717, 1.165) is 40.9 Å². The normalized spacial score (nSPS) is 29.3. The lowest BCUT2D eigenvalue weighted by Crippen LogP contribution is -2.65. The molecule has 2 fully saturated rings. The molecular weight excluding hydrogens is 792 g/mol. The molecule has 4 heterocycles. The number of anilines is 1. The Morgan fingerprint density at radius 1 is 0.836 bits per heavy atom. The van der Waals surface area contributed by atoms with E-state index in [0.29, 0.717) is 0 Å². The van der Waals surface area contributed by atoms with E-state index in [1.807, 2.05) is 0 Å². The second kappa shape index (κ2) is 17.7. The third kappa shape index (κ3) is 11.2. The van der Waals surface area contributed by atoms with E-state index in [2.05, 4.69) is 19.3 Å². The Morgan fingerprint density at radius 3 is 2.05 bits per heavy atom. The molecule has 0 bridgehead atoms. The molecule has 4 rings (SSSR count). The molecule has 0 spiro atoms. The van der Waals surface area contributed by atoms with Crippen molar-refractivity contribution in [1.82, 2.24) is 19.5 Å². The van der Waals surface area contributed by atoms with E-state index in [1.165, 1.54) is 10.9 Å². The molecule has 0 aromatic carbocycles. The first-order chi connectivity index (χ1) is 25.6. The van der Waals surface area contributed by atoms with Crippen molar-refractivity contribution in [2.24, 2.45) is 0 Å². The summed E-state index contributed by atoms with van der Waals surface area (Å²) in [6.45, 7) is 2.71. The number of hydrogen-bond donors (Lipinski definition) is 5. The number of rotatable bonds is 15. The predicted octanol–water partition coefficient (Wildman–Crippen LogP) is -1.71. The summed E-state index contributed by atoms with van der Waals surface area (Å²) in [5.74, 6) is -5.18. The Bertz CT molecular complexity index is 1860. The van der Waals surface area contributed by atoms with Crippen LogP contribution >= 0.6 is 15.6 Å².